The predicted octanol–water partition coefficient (Wildman–Crippen LogP) is 3.78. The van der Waals surface area contributed by atoms with Crippen molar-refractivity contribution in [3.8, 4) is 10.6 Å². The number of ether oxygens (including phenoxy) is 1. The monoisotopic (exact) mass is 381 g/mol. The van der Waals surface area contributed by atoms with Crippen LogP contribution in [0.25, 0.3) is 10.6 Å². The van der Waals surface area contributed by atoms with Crippen LogP contribution in [0.2, 0.25) is 0 Å². The average molecular weight is 381 g/mol. The van der Waals surface area contributed by atoms with Crippen LogP contribution in [-0.2, 0) is 14.3 Å². The number of benzene rings is 2. The second kappa shape index (κ2) is 8.09. The van der Waals surface area contributed by atoms with E-state index in [-0.39, 0.29) is 5.91 Å². The number of esters is 1. The van der Waals surface area contributed by atoms with Crippen LogP contribution < -0.4 is 4.90 Å². The van der Waals surface area contributed by atoms with E-state index in [1.165, 1.54) is 23.2 Å². The lowest BCUT2D eigenvalue weighted by Gasteiger charge is -2.21. The molecule has 0 aliphatic carbocycles. The lowest BCUT2D eigenvalue weighted by atomic mass is 10.1. The summed E-state index contributed by atoms with van der Waals surface area (Å²) >= 11 is 1.30. The van der Waals surface area contributed by atoms with Gasteiger partial charge in [-0.05, 0) is 6.92 Å². The quantitative estimate of drug-likeness (QED) is 0.629. The van der Waals surface area contributed by atoms with Gasteiger partial charge in [0.2, 0.25) is 11.2 Å². The van der Waals surface area contributed by atoms with Gasteiger partial charge in [0.05, 0.1) is 0 Å². The molecule has 138 valence electrons. The third-order valence-corrected chi connectivity index (χ3v) is 4.99. The van der Waals surface area contributed by atoms with E-state index in [4.69, 9.17) is 4.74 Å². The van der Waals surface area contributed by atoms with Crippen LogP contribution in [0.5, 0.6) is 0 Å². The highest BCUT2D eigenvalue weighted by molar-refractivity contribution is 7.18. The highest BCUT2D eigenvalue weighted by Crippen LogP contribution is 2.30. The second-order valence-corrected chi connectivity index (χ2v) is 7.01. The molecule has 0 unspecified atom stereocenters. The first-order chi connectivity index (χ1) is 13.0. The van der Waals surface area contributed by atoms with Crippen molar-refractivity contribution < 1.29 is 14.3 Å². The van der Waals surface area contributed by atoms with Crippen LogP contribution in [0.4, 0.5) is 5.13 Å². The first kappa shape index (κ1) is 18.7. The Hall–Kier alpha value is -3.06. The van der Waals surface area contributed by atoms with Crippen molar-refractivity contribution in [3.63, 3.8) is 0 Å². The fraction of sp³-hybridized carbons (Fsp3) is 0.200. The molecule has 0 aliphatic heterocycles. The zero-order chi connectivity index (χ0) is 19.4. The van der Waals surface area contributed by atoms with Crippen LogP contribution in [0.15, 0.2) is 54.6 Å². The molecule has 0 spiro atoms. The third kappa shape index (κ3) is 4.38. The molecule has 0 radical (unpaired) electrons. The van der Waals surface area contributed by atoms with Crippen molar-refractivity contribution in [1.29, 1.82) is 0 Å². The van der Waals surface area contributed by atoms with E-state index in [1.54, 1.807) is 31.3 Å². The number of carbonyl (C=O) groups excluding carboxylic acids is 2. The summed E-state index contributed by atoms with van der Waals surface area (Å²) in [7, 11) is 1.60. The van der Waals surface area contributed by atoms with Crippen molar-refractivity contribution in [2.45, 2.75) is 20.0 Å². The summed E-state index contributed by atoms with van der Waals surface area (Å²) < 4.78 is 5.27. The summed E-state index contributed by atoms with van der Waals surface area (Å²) in [5.41, 5.74) is 2.69. The van der Waals surface area contributed by atoms with Crippen molar-refractivity contribution in [1.82, 2.24) is 10.2 Å². The molecule has 1 atom stereocenters. The lowest BCUT2D eigenvalue weighted by molar-refractivity contribution is -0.153. The molecule has 1 aromatic heterocycles. The SMILES string of the molecule is CC(=O)O[C@@H](C(=O)N(C)c1nnc(-c2ccc(C)cc2)s1)c1ccccc1. The molecule has 1 heterocycles. The smallest absolute Gasteiger partial charge is 0.303 e. The van der Waals surface area contributed by atoms with Crippen molar-refractivity contribution >= 4 is 28.3 Å². The topological polar surface area (TPSA) is 72.4 Å². The fourth-order valence-corrected chi connectivity index (χ4v) is 3.31. The van der Waals surface area contributed by atoms with Gasteiger partial charge in [-0.1, -0.05) is 71.5 Å². The minimum Gasteiger partial charge on any atom is -0.447 e. The standard InChI is InChI=1S/C20H19N3O3S/c1-13-9-11-16(12-10-13)18-21-22-20(27-18)23(3)19(25)17(26-14(2)24)15-7-5-4-6-8-15/h4-12,17H,1-3H3/t17-/m1/s1. The Balaban J connectivity index is 1.85. The zero-order valence-electron chi connectivity index (χ0n) is 15.2. The Morgan fingerprint density at radius 2 is 1.70 bits per heavy atom. The van der Waals surface area contributed by atoms with Crippen molar-refractivity contribution in [2.75, 3.05) is 11.9 Å². The van der Waals surface area contributed by atoms with E-state index >= 15 is 0 Å². The van der Waals surface area contributed by atoms with Gasteiger partial charge in [0.25, 0.3) is 5.91 Å². The maximum absolute atomic E-state index is 13.0. The highest BCUT2D eigenvalue weighted by Gasteiger charge is 2.29. The maximum atomic E-state index is 13.0. The fourth-order valence-electron chi connectivity index (χ4n) is 2.49. The highest BCUT2D eigenvalue weighted by atomic mass is 32.1. The molecule has 0 saturated carbocycles. The van der Waals surface area contributed by atoms with Crippen LogP contribution in [0, 0.1) is 6.92 Å². The van der Waals surface area contributed by atoms with Crippen LogP contribution in [-0.4, -0.2) is 29.1 Å². The van der Waals surface area contributed by atoms with Crippen LogP contribution in [0.3, 0.4) is 0 Å². The average Bonchev–Trinajstić information content (AvgIpc) is 3.16. The molecule has 1 amide bonds. The summed E-state index contributed by atoms with van der Waals surface area (Å²) in [6, 6.07) is 16.8. The normalized spacial score (nSPS) is 11.7. The molecule has 3 rings (SSSR count). The summed E-state index contributed by atoms with van der Waals surface area (Å²) in [6.07, 6.45) is -1.03. The van der Waals surface area contributed by atoms with Gasteiger partial charge in [0.1, 0.15) is 5.01 Å². The summed E-state index contributed by atoms with van der Waals surface area (Å²) in [5, 5.41) is 9.45. The first-order valence-corrected chi connectivity index (χ1v) is 9.17. The van der Waals surface area contributed by atoms with Crippen LogP contribution >= 0.6 is 11.3 Å². The van der Waals surface area contributed by atoms with E-state index in [2.05, 4.69) is 10.2 Å². The molecular formula is C20H19N3O3S. The molecule has 27 heavy (non-hydrogen) atoms. The summed E-state index contributed by atoms with van der Waals surface area (Å²) in [6.45, 7) is 3.30. The molecule has 0 aliphatic rings. The number of rotatable bonds is 5. The summed E-state index contributed by atoms with van der Waals surface area (Å²) in [4.78, 5) is 25.8. The molecule has 0 N–H and O–H groups in total. The van der Waals surface area contributed by atoms with Gasteiger partial charge in [-0.15, -0.1) is 10.2 Å². The Kier molecular flexibility index (Phi) is 5.61. The first-order valence-electron chi connectivity index (χ1n) is 8.36. The summed E-state index contributed by atoms with van der Waals surface area (Å²) in [5.74, 6) is -0.911. The molecule has 3 aromatic rings. The van der Waals surface area contributed by atoms with Gasteiger partial charge in [-0.3, -0.25) is 14.5 Å². The maximum Gasteiger partial charge on any atom is 0.303 e. The number of likely N-dealkylation sites (N-methyl/N-ethyl adjacent to an activating group) is 1. The minimum absolute atomic E-state index is 0.386. The second-order valence-electron chi connectivity index (χ2n) is 6.05. The Morgan fingerprint density at radius 1 is 1.04 bits per heavy atom. The minimum atomic E-state index is -1.03. The number of aryl methyl sites for hydroxylation is 1. The van der Waals surface area contributed by atoms with E-state index in [0.29, 0.717) is 15.7 Å². The van der Waals surface area contributed by atoms with Gasteiger partial charge in [-0.25, -0.2) is 0 Å². The Bertz CT molecular complexity index is 939. The molecular weight excluding hydrogens is 362 g/mol. The molecule has 0 saturated heterocycles. The third-order valence-electron chi connectivity index (χ3n) is 3.94. The molecule has 2 aromatic carbocycles. The molecule has 6 nitrogen and oxygen atoms in total. The van der Waals surface area contributed by atoms with Crippen molar-refractivity contribution in [2.24, 2.45) is 0 Å². The number of hydrogen-bond acceptors (Lipinski definition) is 6. The van der Waals surface area contributed by atoms with Gasteiger partial charge in [-0.2, -0.15) is 0 Å². The predicted molar refractivity (Wildman–Crippen MR) is 104 cm³/mol. The Morgan fingerprint density at radius 3 is 2.33 bits per heavy atom. The van der Waals surface area contributed by atoms with Crippen molar-refractivity contribution in [3.05, 3.63) is 65.7 Å². The number of amides is 1. The van der Waals surface area contributed by atoms with E-state index < -0.39 is 12.1 Å². The van der Waals surface area contributed by atoms with Gasteiger partial charge >= 0.3 is 5.97 Å². The Labute approximate surface area is 161 Å². The molecule has 0 fully saturated rings. The van der Waals surface area contributed by atoms with E-state index in [0.717, 1.165) is 11.1 Å². The number of aromatic nitrogens is 2. The van der Waals surface area contributed by atoms with Gasteiger partial charge < -0.3 is 4.74 Å². The molecule has 7 heteroatoms. The number of hydrogen-bond donors (Lipinski definition) is 0. The van der Waals surface area contributed by atoms with E-state index in [1.807, 2.05) is 37.3 Å². The van der Waals surface area contributed by atoms with Gasteiger partial charge in [0.15, 0.2) is 0 Å². The largest absolute Gasteiger partial charge is 0.447 e. The number of nitrogens with zero attached hydrogens (tertiary/aromatic N) is 3. The number of anilines is 1. The van der Waals surface area contributed by atoms with E-state index in [9.17, 15) is 9.59 Å². The lowest BCUT2D eigenvalue weighted by Crippen LogP contribution is -2.33. The zero-order valence-corrected chi connectivity index (χ0v) is 16.1. The number of carbonyl (C=O) groups is 2. The molecule has 0 bridgehead atoms. The van der Waals surface area contributed by atoms with Crippen LogP contribution in [0.1, 0.15) is 24.2 Å². The van der Waals surface area contributed by atoms with Gasteiger partial charge in [0, 0.05) is 25.1 Å².